The molecule has 1 heterocycles. The predicted octanol–water partition coefficient (Wildman–Crippen LogP) is 1.42. The molecule has 20 heavy (non-hydrogen) atoms. The standard InChI is InChI=1S/C14H18N4O2/c1-2-20-14(19)18-7-5-17(6-8-18)13-9-11(10-15)3-4-12(13)16/h3-4,9H,2,5-8,16H2,1H3. The Bertz CT molecular complexity index is 530. The van der Waals surface area contributed by atoms with Crippen molar-refractivity contribution in [2.24, 2.45) is 0 Å². The van der Waals surface area contributed by atoms with Crippen molar-refractivity contribution in [2.75, 3.05) is 43.4 Å². The largest absolute Gasteiger partial charge is 0.450 e. The first-order valence-electron chi connectivity index (χ1n) is 6.62. The first-order valence-corrected chi connectivity index (χ1v) is 6.62. The lowest BCUT2D eigenvalue weighted by Crippen LogP contribution is -2.49. The highest BCUT2D eigenvalue weighted by molar-refractivity contribution is 5.71. The Hall–Kier alpha value is -2.42. The fourth-order valence-corrected chi connectivity index (χ4v) is 2.23. The number of nitrogen functional groups attached to an aromatic ring is 1. The lowest BCUT2D eigenvalue weighted by molar-refractivity contribution is 0.105. The van der Waals surface area contributed by atoms with Crippen molar-refractivity contribution in [1.29, 1.82) is 5.26 Å². The number of nitrogens with two attached hydrogens (primary N) is 1. The Balaban J connectivity index is 2.04. The Kier molecular flexibility index (Phi) is 4.31. The van der Waals surface area contributed by atoms with E-state index in [1.807, 2.05) is 0 Å². The summed E-state index contributed by atoms with van der Waals surface area (Å²) in [6, 6.07) is 7.34. The number of hydrogen-bond donors (Lipinski definition) is 1. The van der Waals surface area contributed by atoms with Crippen molar-refractivity contribution < 1.29 is 9.53 Å². The first kappa shape index (κ1) is 14.0. The van der Waals surface area contributed by atoms with E-state index in [1.54, 1.807) is 30.0 Å². The van der Waals surface area contributed by atoms with Gasteiger partial charge in [-0.25, -0.2) is 4.79 Å². The monoisotopic (exact) mass is 274 g/mol. The van der Waals surface area contributed by atoms with E-state index in [-0.39, 0.29) is 6.09 Å². The third-order valence-corrected chi connectivity index (χ3v) is 3.31. The summed E-state index contributed by atoms with van der Waals surface area (Å²) in [6.07, 6.45) is -0.272. The second-order valence-electron chi connectivity index (χ2n) is 4.56. The lowest BCUT2D eigenvalue weighted by Gasteiger charge is -2.36. The number of anilines is 2. The zero-order valence-corrected chi connectivity index (χ0v) is 11.5. The molecule has 0 aliphatic carbocycles. The third kappa shape index (κ3) is 2.94. The Morgan fingerprint density at radius 1 is 1.40 bits per heavy atom. The van der Waals surface area contributed by atoms with Gasteiger partial charge in [0.2, 0.25) is 0 Å². The maximum Gasteiger partial charge on any atom is 0.409 e. The number of amides is 1. The maximum atomic E-state index is 11.6. The van der Waals surface area contributed by atoms with Gasteiger partial charge in [-0.1, -0.05) is 0 Å². The normalized spacial score (nSPS) is 14.8. The number of hydrogen-bond acceptors (Lipinski definition) is 5. The van der Waals surface area contributed by atoms with Crippen molar-refractivity contribution in [3.63, 3.8) is 0 Å². The highest BCUT2D eigenvalue weighted by Crippen LogP contribution is 2.25. The fourth-order valence-electron chi connectivity index (χ4n) is 2.23. The van der Waals surface area contributed by atoms with Crippen LogP contribution in [0.5, 0.6) is 0 Å². The molecule has 0 atom stereocenters. The summed E-state index contributed by atoms with van der Waals surface area (Å²) in [5.74, 6) is 0. The van der Waals surface area contributed by atoms with Crippen molar-refractivity contribution >= 4 is 17.5 Å². The van der Waals surface area contributed by atoms with Gasteiger partial charge in [0, 0.05) is 26.2 Å². The van der Waals surface area contributed by atoms with E-state index in [2.05, 4.69) is 11.0 Å². The van der Waals surface area contributed by atoms with Crippen LogP contribution in [0.2, 0.25) is 0 Å². The predicted molar refractivity (Wildman–Crippen MR) is 76.4 cm³/mol. The number of nitrogens with zero attached hydrogens (tertiary/aromatic N) is 3. The van der Waals surface area contributed by atoms with Crippen LogP contribution >= 0.6 is 0 Å². The number of ether oxygens (including phenoxy) is 1. The van der Waals surface area contributed by atoms with Gasteiger partial charge in [-0.05, 0) is 25.1 Å². The molecule has 106 valence electrons. The summed E-state index contributed by atoms with van der Waals surface area (Å²) in [4.78, 5) is 15.4. The molecular weight excluding hydrogens is 256 g/mol. The highest BCUT2D eigenvalue weighted by atomic mass is 16.6. The van der Waals surface area contributed by atoms with Gasteiger partial charge in [0.25, 0.3) is 0 Å². The van der Waals surface area contributed by atoms with Crippen LogP contribution in [-0.4, -0.2) is 43.8 Å². The molecule has 0 radical (unpaired) electrons. The van der Waals surface area contributed by atoms with Gasteiger partial charge >= 0.3 is 6.09 Å². The van der Waals surface area contributed by atoms with E-state index in [1.165, 1.54) is 0 Å². The maximum absolute atomic E-state index is 11.6. The van der Waals surface area contributed by atoms with E-state index in [0.29, 0.717) is 44.0 Å². The fraction of sp³-hybridized carbons (Fsp3) is 0.429. The SMILES string of the molecule is CCOC(=O)N1CCN(c2cc(C#N)ccc2N)CC1. The molecule has 0 spiro atoms. The molecular formula is C14H18N4O2. The molecule has 0 saturated carbocycles. The molecule has 1 saturated heterocycles. The van der Waals surface area contributed by atoms with Crippen LogP contribution in [0.25, 0.3) is 0 Å². The zero-order chi connectivity index (χ0) is 14.5. The number of piperazine rings is 1. The summed E-state index contributed by atoms with van der Waals surface area (Å²) in [7, 11) is 0. The molecule has 0 unspecified atom stereocenters. The molecule has 1 aromatic rings. The molecule has 1 amide bonds. The summed E-state index contributed by atoms with van der Waals surface area (Å²) in [5.41, 5.74) is 8.05. The quantitative estimate of drug-likeness (QED) is 0.825. The Morgan fingerprint density at radius 2 is 2.10 bits per heavy atom. The number of carbonyl (C=O) groups excluding carboxylic acids is 1. The summed E-state index contributed by atoms with van der Waals surface area (Å²) in [5, 5.41) is 8.95. The van der Waals surface area contributed by atoms with Gasteiger partial charge in [0.05, 0.1) is 29.6 Å². The molecule has 0 bridgehead atoms. The highest BCUT2D eigenvalue weighted by Gasteiger charge is 2.23. The van der Waals surface area contributed by atoms with Gasteiger partial charge < -0.3 is 20.3 Å². The molecule has 1 fully saturated rings. The summed E-state index contributed by atoms with van der Waals surface area (Å²) >= 11 is 0. The van der Waals surface area contributed by atoms with Crippen LogP contribution in [0, 0.1) is 11.3 Å². The van der Waals surface area contributed by atoms with Crippen molar-refractivity contribution in [3.8, 4) is 6.07 Å². The van der Waals surface area contributed by atoms with Gasteiger partial charge in [-0.3, -0.25) is 0 Å². The van der Waals surface area contributed by atoms with E-state index in [4.69, 9.17) is 15.7 Å². The molecule has 6 heteroatoms. The molecule has 2 N–H and O–H groups in total. The molecule has 2 rings (SSSR count). The molecule has 1 aromatic carbocycles. The smallest absolute Gasteiger partial charge is 0.409 e. The van der Waals surface area contributed by atoms with Gasteiger partial charge in [-0.15, -0.1) is 0 Å². The first-order chi connectivity index (χ1) is 9.65. The van der Waals surface area contributed by atoms with Gasteiger partial charge in [0.1, 0.15) is 0 Å². The summed E-state index contributed by atoms with van der Waals surface area (Å²) in [6.45, 7) is 4.72. The van der Waals surface area contributed by atoms with Crippen molar-refractivity contribution in [1.82, 2.24) is 4.90 Å². The minimum atomic E-state index is -0.272. The average molecular weight is 274 g/mol. The minimum absolute atomic E-state index is 0.272. The van der Waals surface area contributed by atoms with Crippen molar-refractivity contribution in [3.05, 3.63) is 23.8 Å². The second-order valence-corrected chi connectivity index (χ2v) is 4.56. The van der Waals surface area contributed by atoms with Crippen LogP contribution < -0.4 is 10.6 Å². The Morgan fingerprint density at radius 3 is 2.70 bits per heavy atom. The molecule has 0 aromatic heterocycles. The number of benzene rings is 1. The topological polar surface area (TPSA) is 82.6 Å². The van der Waals surface area contributed by atoms with Crippen LogP contribution in [0.1, 0.15) is 12.5 Å². The average Bonchev–Trinajstić information content (AvgIpc) is 2.48. The van der Waals surface area contributed by atoms with Crippen molar-refractivity contribution in [2.45, 2.75) is 6.92 Å². The molecule has 1 aliphatic rings. The number of rotatable bonds is 2. The van der Waals surface area contributed by atoms with Crippen LogP contribution in [-0.2, 0) is 4.74 Å². The van der Waals surface area contributed by atoms with E-state index in [9.17, 15) is 4.79 Å². The van der Waals surface area contributed by atoms with Crippen LogP contribution in [0.15, 0.2) is 18.2 Å². The lowest BCUT2D eigenvalue weighted by atomic mass is 10.1. The van der Waals surface area contributed by atoms with Crippen LogP contribution in [0.3, 0.4) is 0 Å². The van der Waals surface area contributed by atoms with E-state index in [0.717, 1.165) is 5.69 Å². The second kappa shape index (κ2) is 6.15. The summed E-state index contributed by atoms with van der Waals surface area (Å²) < 4.78 is 4.98. The number of nitriles is 1. The van der Waals surface area contributed by atoms with Crippen LogP contribution in [0.4, 0.5) is 16.2 Å². The zero-order valence-electron chi connectivity index (χ0n) is 11.5. The van der Waals surface area contributed by atoms with Gasteiger partial charge in [0.15, 0.2) is 0 Å². The third-order valence-electron chi connectivity index (χ3n) is 3.31. The minimum Gasteiger partial charge on any atom is -0.450 e. The number of carbonyl (C=O) groups is 1. The van der Waals surface area contributed by atoms with Gasteiger partial charge in [-0.2, -0.15) is 5.26 Å². The van der Waals surface area contributed by atoms with E-state index < -0.39 is 0 Å². The molecule has 1 aliphatic heterocycles. The molecule has 6 nitrogen and oxygen atoms in total. The van der Waals surface area contributed by atoms with E-state index >= 15 is 0 Å². The Labute approximate surface area is 118 Å².